The van der Waals surface area contributed by atoms with Gasteiger partial charge in [0.25, 0.3) is 0 Å². The Kier molecular flexibility index (Phi) is 14.2. The molecule has 2 saturated heterocycles. The van der Waals surface area contributed by atoms with Gasteiger partial charge in [-0.25, -0.2) is 0 Å². The zero-order valence-electron chi connectivity index (χ0n) is 22.6. The van der Waals surface area contributed by atoms with E-state index in [1.54, 1.807) is 13.8 Å². The third-order valence-corrected chi connectivity index (χ3v) is 6.72. The van der Waals surface area contributed by atoms with Crippen LogP contribution in [0.4, 0.5) is 0 Å². The zero-order valence-corrected chi connectivity index (χ0v) is 22.6. The first-order chi connectivity index (χ1) is 17.3. The molecule has 2 atom stereocenters. The van der Waals surface area contributed by atoms with Crippen LogP contribution >= 0.6 is 0 Å². The Labute approximate surface area is 215 Å². The highest BCUT2D eigenvalue weighted by Gasteiger charge is 2.37. The second kappa shape index (κ2) is 16.5. The average molecular weight is 519 g/mol. The first kappa shape index (κ1) is 30.9. The summed E-state index contributed by atoms with van der Waals surface area (Å²) in [5.41, 5.74) is 0.294. The van der Waals surface area contributed by atoms with Crippen LogP contribution in [0, 0.1) is 10.8 Å². The van der Waals surface area contributed by atoms with Gasteiger partial charge < -0.3 is 37.9 Å². The van der Waals surface area contributed by atoms with Crippen molar-refractivity contribution >= 4 is 11.9 Å². The molecule has 0 bridgehead atoms. The van der Waals surface area contributed by atoms with E-state index < -0.39 is 12.6 Å². The molecule has 0 aromatic carbocycles. The molecule has 0 radical (unpaired) electrons. The lowest BCUT2D eigenvalue weighted by Gasteiger charge is -2.40. The van der Waals surface area contributed by atoms with Gasteiger partial charge in [0.1, 0.15) is 0 Å². The molecule has 0 aromatic heterocycles. The molecule has 0 aromatic rings. The van der Waals surface area contributed by atoms with Crippen molar-refractivity contribution in [2.75, 3.05) is 66.1 Å². The molecule has 0 N–H and O–H groups in total. The van der Waals surface area contributed by atoms with Gasteiger partial charge in [-0.1, -0.05) is 13.8 Å². The number of carbonyl (C=O) groups is 2. The molecule has 10 nitrogen and oxygen atoms in total. The lowest BCUT2D eigenvalue weighted by atomic mass is 9.84. The van der Waals surface area contributed by atoms with E-state index in [2.05, 4.69) is 13.8 Å². The minimum Gasteiger partial charge on any atom is -0.436 e. The molecular formula is C26H46O10. The number of esters is 2. The van der Waals surface area contributed by atoms with Crippen LogP contribution in [0.3, 0.4) is 0 Å². The normalized spacial score (nSPS) is 19.6. The molecule has 2 fully saturated rings. The van der Waals surface area contributed by atoms with Crippen LogP contribution in [0.5, 0.6) is 0 Å². The lowest BCUT2D eigenvalue weighted by Crippen LogP contribution is -2.45. The number of hydrogen-bond donors (Lipinski definition) is 0. The first-order valence-electron chi connectivity index (χ1n) is 13.3. The molecule has 2 aliphatic rings. The molecule has 0 aliphatic carbocycles. The largest absolute Gasteiger partial charge is 0.436 e. The first-order valence-corrected chi connectivity index (χ1v) is 13.3. The molecule has 2 unspecified atom stereocenters. The summed E-state index contributed by atoms with van der Waals surface area (Å²) in [6, 6.07) is 0. The van der Waals surface area contributed by atoms with E-state index in [1.807, 2.05) is 0 Å². The smallest absolute Gasteiger partial charge is 0.308 e. The highest BCUT2D eigenvalue weighted by Crippen LogP contribution is 2.32. The van der Waals surface area contributed by atoms with Gasteiger partial charge in [0.2, 0.25) is 0 Å². The van der Waals surface area contributed by atoms with Crippen molar-refractivity contribution in [2.45, 2.75) is 78.8 Å². The van der Waals surface area contributed by atoms with Crippen LogP contribution in [0.15, 0.2) is 0 Å². The van der Waals surface area contributed by atoms with Crippen LogP contribution in [0.2, 0.25) is 0 Å². The predicted molar refractivity (Wildman–Crippen MR) is 130 cm³/mol. The van der Waals surface area contributed by atoms with Gasteiger partial charge in [0.05, 0.1) is 66.1 Å². The van der Waals surface area contributed by atoms with Crippen molar-refractivity contribution in [1.82, 2.24) is 0 Å². The van der Waals surface area contributed by atoms with E-state index in [4.69, 9.17) is 37.9 Å². The average Bonchev–Trinajstić information content (AvgIpc) is 2.79. The fourth-order valence-electron chi connectivity index (χ4n) is 3.78. The molecule has 2 rings (SSSR count). The maximum atomic E-state index is 12.0. The summed E-state index contributed by atoms with van der Waals surface area (Å²) < 4.78 is 43.3. The van der Waals surface area contributed by atoms with Crippen molar-refractivity contribution in [2.24, 2.45) is 10.8 Å². The van der Waals surface area contributed by atoms with Crippen molar-refractivity contribution in [3.63, 3.8) is 0 Å². The lowest BCUT2D eigenvalue weighted by molar-refractivity contribution is -0.183. The van der Waals surface area contributed by atoms with Crippen LogP contribution in [-0.4, -0.2) is 90.6 Å². The summed E-state index contributed by atoms with van der Waals surface area (Å²) in [7, 11) is 0. The fourth-order valence-corrected chi connectivity index (χ4v) is 3.78. The molecule has 10 heteroatoms. The summed E-state index contributed by atoms with van der Waals surface area (Å²) in [5.74, 6) is -0.716. The Morgan fingerprint density at radius 3 is 1.39 bits per heavy atom. The van der Waals surface area contributed by atoms with Crippen molar-refractivity contribution in [3.05, 3.63) is 0 Å². The Hall–Kier alpha value is -1.30. The third-order valence-electron chi connectivity index (χ3n) is 6.72. The van der Waals surface area contributed by atoms with Crippen LogP contribution in [-0.2, 0) is 47.5 Å². The second-order valence-electron chi connectivity index (χ2n) is 9.86. The monoisotopic (exact) mass is 518 g/mol. The standard InChI is InChI=1S/C26H46O10/c1-5-25(17-31-18-25)15-29-11-13-33-21(3)35-23(27)9-7-8-10-24(28)36-22(4)34-14-12-30-16-26(6-2)19-32-20-26/h21-22H,5-20H2,1-4H3. The van der Waals surface area contributed by atoms with Crippen LogP contribution in [0.1, 0.15) is 66.2 Å². The number of rotatable bonds is 21. The van der Waals surface area contributed by atoms with E-state index in [1.165, 1.54) is 0 Å². The highest BCUT2D eigenvalue weighted by molar-refractivity contribution is 5.70. The number of unbranched alkanes of at least 4 members (excludes halogenated alkanes) is 1. The summed E-state index contributed by atoms with van der Waals surface area (Å²) in [6.45, 7) is 13.5. The topological polar surface area (TPSA) is 108 Å². The van der Waals surface area contributed by atoms with Gasteiger partial charge in [-0.15, -0.1) is 0 Å². The van der Waals surface area contributed by atoms with Gasteiger partial charge >= 0.3 is 11.9 Å². The van der Waals surface area contributed by atoms with E-state index in [-0.39, 0.29) is 35.6 Å². The van der Waals surface area contributed by atoms with E-state index in [9.17, 15) is 9.59 Å². The van der Waals surface area contributed by atoms with Gasteiger partial charge in [-0.3, -0.25) is 9.59 Å². The van der Waals surface area contributed by atoms with E-state index >= 15 is 0 Å². The maximum absolute atomic E-state index is 12.0. The molecule has 210 valence electrons. The Balaban J connectivity index is 1.39. The summed E-state index contributed by atoms with van der Waals surface area (Å²) in [4.78, 5) is 23.9. The van der Waals surface area contributed by atoms with Gasteiger partial charge in [-0.2, -0.15) is 0 Å². The van der Waals surface area contributed by atoms with Crippen molar-refractivity contribution in [1.29, 1.82) is 0 Å². The van der Waals surface area contributed by atoms with E-state index in [0.717, 1.165) is 39.3 Å². The Morgan fingerprint density at radius 2 is 1.08 bits per heavy atom. The highest BCUT2D eigenvalue weighted by atomic mass is 16.7. The van der Waals surface area contributed by atoms with Gasteiger partial charge in [0, 0.05) is 23.7 Å². The summed E-state index contributed by atoms with van der Waals surface area (Å²) in [6.07, 6.45) is 2.24. The molecule has 0 saturated carbocycles. The number of ether oxygens (including phenoxy) is 8. The molecule has 2 heterocycles. The van der Waals surface area contributed by atoms with E-state index in [0.29, 0.717) is 52.5 Å². The minimum atomic E-state index is -0.644. The molecule has 0 spiro atoms. The summed E-state index contributed by atoms with van der Waals surface area (Å²) in [5, 5.41) is 0. The SMILES string of the molecule is CCC1(COCCOC(C)OC(=O)CCCCC(=O)OC(C)OCCOCC2(CC)COC2)COC1. The molecule has 2 aliphatic heterocycles. The predicted octanol–water partition coefficient (Wildman–Crippen LogP) is 3.24. The molecule has 0 amide bonds. The maximum Gasteiger partial charge on any atom is 0.308 e. The number of carbonyl (C=O) groups excluding carboxylic acids is 2. The van der Waals surface area contributed by atoms with Crippen LogP contribution in [0.25, 0.3) is 0 Å². The van der Waals surface area contributed by atoms with Gasteiger partial charge in [0.15, 0.2) is 12.6 Å². The Morgan fingerprint density at radius 1 is 0.694 bits per heavy atom. The molecular weight excluding hydrogens is 472 g/mol. The van der Waals surface area contributed by atoms with Crippen molar-refractivity contribution in [3.8, 4) is 0 Å². The number of hydrogen-bond acceptors (Lipinski definition) is 10. The zero-order chi connectivity index (χ0) is 26.3. The fraction of sp³-hybridized carbons (Fsp3) is 0.923. The molecule has 36 heavy (non-hydrogen) atoms. The third kappa shape index (κ3) is 11.4. The second-order valence-corrected chi connectivity index (χ2v) is 9.86. The van der Waals surface area contributed by atoms with Crippen molar-refractivity contribution < 1.29 is 47.5 Å². The quantitative estimate of drug-likeness (QED) is 0.128. The van der Waals surface area contributed by atoms with Gasteiger partial charge in [-0.05, 0) is 39.5 Å². The minimum absolute atomic E-state index is 0.147. The summed E-state index contributed by atoms with van der Waals surface area (Å²) >= 11 is 0. The van der Waals surface area contributed by atoms with Crippen LogP contribution < -0.4 is 0 Å². The Bertz CT molecular complexity index is 567.